The van der Waals surface area contributed by atoms with Gasteiger partial charge in [0, 0.05) is 11.6 Å². The molecular weight excluding hydrogens is 347 g/mol. The lowest BCUT2D eigenvalue weighted by Gasteiger charge is -2.13. The van der Waals surface area contributed by atoms with Crippen LogP contribution in [0.3, 0.4) is 0 Å². The van der Waals surface area contributed by atoms with Crippen molar-refractivity contribution in [1.29, 1.82) is 0 Å². The van der Waals surface area contributed by atoms with Crippen molar-refractivity contribution in [2.75, 3.05) is 13.1 Å². The summed E-state index contributed by atoms with van der Waals surface area (Å²) in [6.45, 7) is 3.44. The van der Waals surface area contributed by atoms with Crippen molar-refractivity contribution in [3.05, 3.63) is 64.7 Å². The van der Waals surface area contributed by atoms with Crippen LogP contribution in [0.2, 0.25) is 5.02 Å². The van der Waals surface area contributed by atoms with Crippen molar-refractivity contribution in [3.8, 4) is 5.75 Å². The minimum atomic E-state index is -0.156. The molecule has 2 aromatic rings. The topological polar surface area (TPSA) is 64.3 Å². The van der Waals surface area contributed by atoms with Crippen molar-refractivity contribution in [1.82, 2.24) is 5.32 Å². The molecule has 6 heteroatoms. The first-order valence-corrected chi connectivity index (χ1v) is 7.92. The molecule has 0 aromatic heterocycles. The van der Waals surface area contributed by atoms with Crippen molar-refractivity contribution in [2.24, 2.45) is 11.7 Å². The van der Waals surface area contributed by atoms with Crippen LogP contribution < -0.4 is 15.8 Å². The quantitative estimate of drug-likeness (QED) is 0.783. The van der Waals surface area contributed by atoms with E-state index in [1.807, 2.05) is 43.3 Å². The molecule has 0 saturated carbocycles. The van der Waals surface area contributed by atoms with E-state index in [1.165, 1.54) is 0 Å². The first-order valence-electron chi connectivity index (χ1n) is 7.54. The molecule has 0 fully saturated rings. The molecule has 0 aliphatic rings. The highest BCUT2D eigenvalue weighted by molar-refractivity contribution is 6.30. The second-order valence-corrected chi connectivity index (χ2v) is 5.90. The smallest absolute Gasteiger partial charge is 0.255 e. The molecule has 1 unspecified atom stereocenters. The molecular formula is C18H22Cl2N2O2. The van der Waals surface area contributed by atoms with Gasteiger partial charge in [0.25, 0.3) is 5.91 Å². The number of rotatable bonds is 7. The lowest BCUT2D eigenvalue weighted by Crippen LogP contribution is -2.31. The number of amides is 1. The zero-order chi connectivity index (χ0) is 16.7. The molecule has 0 aliphatic carbocycles. The van der Waals surface area contributed by atoms with Gasteiger partial charge in [0.15, 0.2) is 0 Å². The zero-order valence-electron chi connectivity index (χ0n) is 13.5. The molecule has 2 rings (SSSR count). The lowest BCUT2D eigenvalue weighted by atomic mass is 10.1. The van der Waals surface area contributed by atoms with Gasteiger partial charge in [-0.2, -0.15) is 0 Å². The SMILES string of the molecule is CC(CN)CNC(=O)c1ccccc1OCc1ccc(Cl)cc1.Cl. The Morgan fingerprint density at radius 3 is 2.54 bits per heavy atom. The number of ether oxygens (including phenoxy) is 1. The largest absolute Gasteiger partial charge is 0.488 e. The Kier molecular flexibility index (Phi) is 8.61. The molecule has 0 bridgehead atoms. The maximum atomic E-state index is 12.3. The van der Waals surface area contributed by atoms with Gasteiger partial charge in [-0.1, -0.05) is 42.8 Å². The van der Waals surface area contributed by atoms with Crippen LogP contribution in [0.1, 0.15) is 22.8 Å². The molecule has 4 nitrogen and oxygen atoms in total. The van der Waals surface area contributed by atoms with Gasteiger partial charge in [-0.15, -0.1) is 12.4 Å². The fourth-order valence-corrected chi connectivity index (χ4v) is 2.09. The van der Waals surface area contributed by atoms with E-state index in [1.54, 1.807) is 12.1 Å². The van der Waals surface area contributed by atoms with Crippen LogP contribution in [-0.2, 0) is 6.61 Å². The summed E-state index contributed by atoms with van der Waals surface area (Å²) in [5.41, 5.74) is 7.07. The summed E-state index contributed by atoms with van der Waals surface area (Å²) in [5.74, 6) is 0.637. The maximum Gasteiger partial charge on any atom is 0.255 e. The van der Waals surface area contributed by atoms with Crippen LogP contribution in [0, 0.1) is 5.92 Å². The number of carbonyl (C=O) groups is 1. The van der Waals surface area contributed by atoms with Crippen LogP contribution >= 0.6 is 24.0 Å². The summed E-state index contributed by atoms with van der Waals surface area (Å²) in [7, 11) is 0. The monoisotopic (exact) mass is 368 g/mol. The van der Waals surface area contributed by atoms with Crippen molar-refractivity contribution >= 4 is 29.9 Å². The number of nitrogens with one attached hydrogen (secondary N) is 1. The molecule has 1 atom stereocenters. The number of halogens is 2. The second kappa shape index (κ2) is 10.2. The number of hydrogen-bond donors (Lipinski definition) is 2. The molecule has 0 radical (unpaired) electrons. The molecule has 24 heavy (non-hydrogen) atoms. The number of benzene rings is 2. The van der Waals surface area contributed by atoms with Gasteiger partial charge >= 0.3 is 0 Å². The van der Waals surface area contributed by atoms with Crippen LogP contribution in [-0.4, -0.2) is 19.0 Å². The molecule has 1 amide bonds. The Hall–Kier alpha value is -1.75. The van der Waals surface area contributed by atoms with Gasteiger partial charge in [0.1, 0.15) is 12.4 Å². The average Bonchev–Trinajstić information content (AvgIpc) is 2.59. The van der Waals surface area contributed by atoms with E-state index in [0.717, 1.165) is 5.56 Å². The zero-order valence-corrected chi connectivity index (χ0v) is 15.1. The second-order valence-electron chi connectivity index (χ2n) is 5.46. The van der Waals surface area contributed by atoms with Crippen LogP contribution in [0.15, 0.2) is 48.5 Å². The molecule has 3 N–H and O–H groups in total. The Morgan fingerprint density at radius 2 is 1.88 bits per heavy atom. The number of carbonyl (C=O) groups excluding carboxylic acids is 1. The van der Waals surface area contributed by atoms with Crippen LogP contribution in [0.5, 0.6) is 5.75 Å². The summed E-state index contributed by atoms with van der Waals surface area (Å²) < 4.78 is 5.79. The van der Waals surface area contributed by atoms with E-state index in [9.17, 15) is 4.79 Å². The van der Waals surface area contributed by atoms with E-state index < -0.39 is 0 Å². The van der Waals surface area contributed by atoms with E-state index in [0.29, 0.717) is 36.0 Å². The van der Waals surface area contributed by atoms with Crippen LogP contribution in [0.25, 0.3) is 0 Å². The average molecular weight is 369 g/mol. The first-order chi connectivity index (χ1) is 11.1. The highest BCUT2D eigenvalue weighted by Gasteiger charge is 2.12. The predicted octanol–water partition coefficient (Wildman–Crippen LogP) is 3.67. The Balaban J connectivity index is 0.00000288. The van der Waals surface area contributed by atoms with Crippen LogP contribution in [0.4, 0.5) is 0 Å². The summed E-state index contributed by atoms with van der Waals surface area (Å²) >= 11 is 5.87. The molecule has 0 saturated heterocycles. The Labute approximate surface area is 153 Å². The third-order valence-corrected chi connectivity index (χ3v) is 3.70. The van der Waals surface area contributed by atoms with E-state index in [4.69, 9.17) is 22.1 Å². The predicted molar refractivity (Wildman–Crippen MR) is 100 cm³/mol. The third kappa shape index (κ3) is 6.04. The van der Waals surface area contributed by atoms with Gasteiger partial charge in [0.2, 0.25) is 0 Å². The van der Waals surface area contributed by atoms with Gasteiger partial charge in [-0.05, 0) is 42.3 Å². The fourth-order valence-electron chi connectivity index (χ4n) is 1.97. The summed E-state index contributed by atoms with van der Waals surface area (Å²) in [5, 5.41) is 3.56. The van der Waals surface area contributed by atoms with E-state index in [-0.39, 0.29) is 24.2 Å². The first kappa shape index (κ1) is 20.3. The standard InChI is InChI=1S/C18H21ClN2O2.ClH/c1-13(10-20)11-21-18(22)16-4-2-3-5-17(16)23-12-14-6-8-15(19)9-7-14;/h2-9,13H,10-12,20H2,1H3,(H,21,22);1H. The highest BCUT2D eigenvalue weighted by Crippen LogP contribution is 2.20. The van der Waals surface area contributed by atoms with Crippen molar-refractivity contribution in [2.45, 2.75) is 13.5 Å². The van der Waals surface area contributed by atoms with Gasteiger partial charge in [-0.3, -0.25) is 4.79 Å². The van der Waals surface area contributed by atoms with Crippen molar-refractivity contribution in [3.63, 3.8) is 0 Å². The Morgan fingerprint density at radius 1 is 1.21 bits per heavy atom. The minimum Gasteiger partial charge on any atom is -0.488 e. The van der Waals surface area contributed by atoms with Crippen molar-refractivity contribution < 1.29 is 9.53 Å². The maximum absolute atomic E-state index is 12.3. The van der Waals surface area contributed by atoms with Gasteiger partial charge < -0.3 is 15.8 Å². The summed E-state index contributed by atoms with van der Waals surface area (Å²) in [6.07, 6.45) is 0. The molecule has 0 spiro atoms. The summed E-state index contributed by atoms with van der Waals surface area (Å²) in [4.78, 5) is 12.3. The Bertz CT molecular complexity index is 648. The van der Waals surface area contributed by atoms with E-state index in [2.05, 4.69) is 5.32 Å². The summed E-state index contributed by atoms with van der Waals surface area (Å²) in [6, 6.07) is 14.6. The fraction of sp³-hybridized carbons (Fsp3) is 0.278. The molecule has 2 aromatic carbocycles. The lowest BCUT2D eigenvalue weighted by molar-refractivity contribution is 0.0944. The minimum absolute atomic E-state index is 0. The third-order valence-electron chi connectivity index (χ3n) is 3.45. The highest BCUT2D eigenvalue weighted by atomic mass is 35.5. The number of nitrogens with two attached hydrogens (primary N) is 1. The van der Waals surface area contributed by atoms with Gasteiger partial charge in [-0.25, -0.2) is 0 Å². The number of hydrogen-bond acceptors (Lipinski definition) is 3. The van der Waals surface area contributed by atoms with E-state index >= 15 is 0 Å². The number of para-hydroxylation sites is 1. The van der Waals surface area contributed by atoms with Gasteiger partial charge in [0.05, 0.1) is 5.56 Å². The normalized spacial score (nSPS) is 11.3. The molecule has 0 heterocycles. The molecule has 130 valence electrons. The molecule has 0 aliphatic heterocycles.